The summed E-state index contributed by atoms with van der Waals surface area (Å²) in [5, 5.41) is 0. The van der Waals surface area contributed by atoms with Crippen LogP contribution in [0, 0.1) is 5.92 Å². The van der Waals surface area contributed by atoms with Gasteiger partial charge in [0.2, 0.25) is 0 Å². The van der Waals surface area contributed by atoms with Gasteiger partial charge in [-0.15, -0.1) is 0 Å². The zero-order valence-electron chi connectivity index (χ0n) is 18.4. The van der Waals surface area contributed by atoms with Crippen LogP contribution in [0.2, 0.25) is 0 Å². The second-order valence-corrected chi connectivity index (χ2v) is 8.69. The Morgan fingerprint density at radius 3 is 1.00 bits per heavy atom. The number of hydrogen-bond acceptors (Lipinski definition) is 0. The zero-order valence-corrected chi connectivity index (χ0v) is 18.4. The minimum Gasteiger partial charge on any atom is -0.0654 e. The lowest BCUT2D eigenvalue weighted by Crippen LogP contribution is -1.93. The first-order valence-electron chi connectivity index (χ1n) is 12.3. The van der Waals surface area contributed by atoms with Crippen molar-refractivity contribution in [2.45, 2.75) is 156 Å². The van der Waals surface area contributed by atoms with Crippen LogP contribution in [-0.4, -0.2) is 0 Å². The Morgan fingerprint density at radius 1 is 0.360 bits per heavy atom. The van der Waals surface area contributed by atoms with E-state index in [-0.39, 0.29) is 0 Å². The van der Waals surface area contributed by atoms with Gasteiger partial charge < -0.3 is 0 Å². The van der Waals surface area contributed by atoms with Crippen molar-refractivity contribution in [3.63, 3.8) is 0 Å². The molecule has 0 heterocycles. The van der Waals surface area contributed by atoms with E-state index in [0.717, 1.165) is 5.92 Å². The fourth-order valence-electron chi connectivity index (χ4n) is 4.03. The largest absolute Gasteiger partial charge is 0.0654 e. The maximum Gasteiger partial charge on any atom is -0.0443 e. The highest BCUT2D eigenvalue weighted by atomic mass is 14.1. The summed E-state index contributed by atoms with van der Waals surface area (Å²) >= 11 is 0. The third kappa shape index (κ3) is 22.0. The first kappa shape index (κ1) is 25.0. The molecule has 0 aliphatic heterocycles. The van der Waals surface area contributed by atoms with Crippen LogP contribution >= 0.6 is 0 Å². The van der Waals surface area contributed by atoms with E-state index < -0.39 is 0 Å². The predicted octanol–water partition coefficient (Wildman–Crippen LogP) is 9.85. The maximum atomic E-state index is 2.43. The summed E-state index contributed by atoms with van der Waals surface area (Å²) in [4.78, 5) is 0. The van der Waals surface area contributed by atoms with Gasteiger partial charge in [0, 0.05) is 0 Å². The summed E-state index contributed by atoms with van der Waals surface area (Å²) in [5.74, 6) is 0.964. The van der Waals surface area contributed by atoms with Gasteiger partial charge in [-0.1, -0.05) is 156 Å². The molecule has 0 nitrogen and oxygen atoms in total. The summed E-state index contributed by atoms with van der Waals surface area (Å²) in [6.07, 6.45) is 30.8. The normalized spacial score (nSPS) is 12.6. The molecule has 1 atom stereocenters. The topological polar surface area (TPSA) is 0 Å². The van der Waals surface area contributed by atoms with Crippen LogP contribution < -0.4 is 0 Å². The Bertz CT molecular complexity index is 220. The monoisotopic (exact) mass is 352 g/mol. The minimum atomic E-state index is 0.964. The van der Waals surface area contributed by atoms with E-state index in [9.17, 15) is 0 Å². The van der Waals surface area contributed by atoms with Gasteiger partial charge in [-0.3, -0.25) is 0 Å². The molecule has 0 aromatic carbocycles. The van der Waals surface area contributed by atoms with Crippen molar-refractivity contribution in [3.8, 4) is 0 Å². The van der Waals surface area contributed by atoms with Crippen molar-refractivity contribution in [2.24, 2.45) is 5.92 Å². The van der Waals surface area contributed by atoms with E-state index in [4.69, 9.17) is 0 Å². The van der Waals surface area contributed by atoms with E-state index in [1.807, 2.05) is 0 Å². The van der Waals surface area contributed by atoms with Gasteiger partial charge in [-0.05, 0) is 5.92 Å². The van der Waals surface area contributed by atoms with Crippen molar-refractivity contribution in [3.05, 3.63) is 0 Å². The zero-order chi connectivity index (χ0) is 18.4. The van der Waals surface area contributed by atoms with Crippen LogP contribution in [0.25, 0.3) is 0 Å². The molecule has 0 rings (SSSR count). The van der Waals surface area contributed by atoms with Gasteiger partial charge >= 0.3 is 0 Å². The van der Waals surface area contributed by atoms with Crippen molar-refractivity contribution in [1.29, 1.82) is 0 Å². The Hall–Kier alpha value is 0. The molecule has 0 bridgehead atoms. The number of unbranched alkanes of at least 4 members (excludes halogenated alkanes) is 17. The highest BCUT2D eigenvalue weighted by molar-refractivity contribution is 4.54. The van der Waals surface area contributed by atoms with Crippen LogP contribution in [-0.2, 0) is 0 Å². The van der Waals surface area contributed by atoms with Crippen molar-refractivity contribution >= 4 is 0 Å². The SMILES string of the molecule is CCCCCCCCCCCCCCCCCCCCC(C)CCC. The molecule has 0 N–H and O–H groups in total. The highest BCUT2D eigenvalue weighted by Gasteiger charge is 2.00. The fourth-order valence-corrected chi connectivity index (χ4v) is 4.03. The summed E-state index contributed by atoms with van der Waals surface area (Å²) in [6.45, 7) is 7.04. The molecular formula is C25H52. The van der Waals surface area contributed by atoms with Crippen LogP contribution in [0.3, 0.4) is 0 Å². The van der Waals surface area contributed by atoms with Crippen LogP contribution in [0.5, 0.6) is 0 Å². The molecule has 0 amide bonds. The summed E-state index contributed by atoms with van der Waals surface area (Å²) in [6, 6.07) is 0. The van der Waals surface area contributed by atoms with Gasteiger partial charge in [-0.2, -0.15) is 0 Å². The molecule has 0 spiro atoms. The Balaban J connectivity index is 3.00. The molecule has 25 heavy (non-hydrogen) atoms. The van der Waals surface area contributed by atoms with Crippen LogP contribution in [0.15, 0.2) is 0 Å². The molecule has 0 heteroatoms. The van der Waals surface area contributed by atoms with Gasteiger partial charge in [0.15, 0.2) is 0 Å². The summed E-state index contributed by atoms with van der Waals surface area (Å²) < 4.78 is 0. The van der Waals surface area contributed by atoms with Crippen molar-refractivity contribution in [1.82, 2.24) is 0 Å². The van der Waals surface area contributed by atoms with E-state index in [2.05, 4.69) is 20.8 Å². The maximum absolute atomic E-state index is 2.43. The number of hydrogen-bond donors (Lipinski definition) is 0. The molecule has 0 saturated carbocycles. The van der Waals surface area contributed by atoms with E-state index in [1.165, 1.54) is 135 Å². The predicted molar refractivity (Wildman–Crippen MR) is 117 cm³/mol. The average Bonchev–Trinajstić information content (AvgIpc) is 2.61. The van der Waals surface area contributed by atoms with Gasteiger partial charge in [0.1, 0.15) is 0 Å². The number of rotatable bonds is 21. The molecule has 0 fully saturated rings. The quantitative estimate of drug-likeness (QED) is 0.180. The lowest BCUT2D eigenvalue weighted by atomic mass is 9.98. The molecule has 1 unspecified atom stereocenters. The van der Waals surface area contributed by atoms with Crippen LogP contribution in [0.4, 0.5) is 0 Å². The first-order chi connectivity index (χ1) is 12.3. The molecule has 0 aromatic rings. The molecule has 0 aliphatic carbocycles. The fraction of sp³-hybridized carbons (Fsp3) is 1.00. The molecule has 0 radical (unpaired) electrons. The second-order valence-electron chi connectivity index (χ2n) is 8.69. The van der Waals surface area contributed by atoms with E-state index in [0.29, 0.717) is 0 Å². The lowest BCUT2D eigenvalue weighted by molar-refractivity contribution is 0.449. The van der Waals surface area contributed by atoms with Crippen LogP contribution in [0.1, 0.15) is 156 Å². The Morgan fingerprint density at radius 2 is 0.680 bits per heavy atom. The third-order valence-electron chi connectivity index (χ3n) is 5.83. The molecule has 0 saturated heterocycles. The first-order valence-corrected chi connectivity index (χ1v) is 12.3. The molecule has 0 aliphatic rings. The van der Waals surface area contributed by atoms with E-state index in [1.54, 1.807) is 0 Å². The minimum absolute atomic E-state index is 0.964. The molecule has 152 valence electrons. The second kappa shape index (κ2) is 22.0. The Labute approximate surface area is 161 Å². The van der Waals surface area contributed by atoms with E-state index >= 15 is 0 Å². The van der Waals surface area contributed by atoms with Crippen molar-refractivity contribution in [2.75, 3.05) is 0 Å². The highest BCUT2D eigenvalue weighted by Crippen LogP contribution is 2.17. The summed E-state index contributed by atoms with van der Waals surface area (Å²) in [5.41, 5.74) is 0. The van der Waals surface area contributed by atoms with Gasteiger partial charge in [0.05, 0.1) is 0 Å². The Kier molecular flexibility index (Phi) is 22.0. The standard InChI is InChI=1S/C25H52/c1-4-6-7-8-9-10-11-12-13-14-15-16-17-18-19-20-21-22-24-25(3)23-5-2/h25H,4-24H2,1-3H3. The third-order valence-corrected chi connectivity index (χ3v) is 5.83. The van der Waals surface area contributed by atoms with Crippen molar-refractivity contribution < 1.29 is 0 Å². The van der Waals surface area contributed by atoms with Gasteiger partial charge in [-0.25, -0.2) is 0 Å². The summed E-state index contributed by atoms with van der Waals surface area (Å²) in [7, 11) is 0. The lowest BCUT2D eigenvalue weighted by Gasteiger charge is -2.09. The van der Waals surface area contributed by atoms with Gasteiger partial charge in [0.25, 0.3) is 0 Å². The molecular weight excluding hydrogens is 300 g/mol. The smallest absolute Gasteiger partial charge is 0.0443 e. The average molecular weight is 353 g/mol. The molecule has 0 aromatic heterocycles.